The Bertz CT molecular complexity index is 486. The maximum absolute atomic E-state index is 4.60. The third-order valence-corrected chi connectivity index (χ3v) is 3.36. The Labute approximate surface area is 94.7 Å². The molecule has 0 amide bonds. The van der Waals surface area contributed by atoms with E-state index < -0.39 is 0 Å². The summed E-state index contributed by atoms with van der Waals surface area (Å²) in [6.07, 6.45) is 2.11. The number of nitrogens with zero attached hydrogens (tertiary/aromatic N) is 2. The normalized spacial score (nSPS) is 11.5. The van der Waals surface area contributed by atoms with Crippen molar-refractivity contribution in [3.63, 3.8) is 0 Å². The lowest BCUT2D eigenvalue weighted by atomic mass is 10.2. The average molecular weight is 220 g/mol. The van der Waals surface area contributed by atoms with Gasteiger partial charge in [-0.15, -0.1) is 11.8 Å². The van der Waals surface area contributed by atoms with Crippen molar-refractivity contribution in [1.29, 1.82) is 0 Å². The third kappa shape index (κ3) is 1.65. The van der Waals surface area contributed by atoms with E-state index >= 15 is 0 Å². The fourth-order valence-electron chi connectivity index (χ4n) is 1.90. The predicted molar refractivity (Wildman–Crippen MR) is 66.6 cm³/mol. The lowest BCUT2D eigenvalue weighted by Gasteiger charge is -2.07. The topological polar surface area (TPSA) is 17.8 Å². The monoisotopic (exact) mass is 220 g/mol. The number of hydrogen-bond acceptors (Lipinski definition) is 2. The first-order valence-electron chi connectivity index (χ1n) is 5.17. The summed E-state index contributed by atoms with van der Waals surface area (Å²) in [6, 6.07) is 6.83. The first-order valence-corrected chi connectivity index (χ1v) is 6.39. The molecule has 1 aromatic carbocycles. The van der Waals surface area contributed by atoms with Crippen LogP contribution in [0.2, 0.25) is 0 Å². The molecule has 2 aromatic rings. The minimum atomic E-state index is 0.415. The SMILES string of the molecule is CSc1cccc2c1c(C)nn2C(C)C. The van der Waals surface area contributed by atoms with E-state index in [1.807, 2.05) is 0 Å². The molecule has 0 N–H and O–H groups in total. The summed E-state index contributed by atoms with van der Waals surface area (Å²) in [5.74, 6) is 0. The average Bonchev–Trinajstić information content (AvgIpc) is 2.56. The summed E-state index contributed by atoms with van der Waals surface area (Å²) in [7, 11) is 0. The highest BCUT2D eigenvalue weighted by atomic mass is 32.2. The molecule has 0 saturated heterocycles. The second kappa shape index (κ2) is 3.89. The van der Waals surface area contributed by atoms with Crippen molar-refractivity contribution in [3.8, 4) is 0 Å². The van der Waals surface area contributed by atoms with Gasteiger partial charge in [0.15, 0.2) is 0 Å². The van der Waals surface area contributed by atoms with Crippen LogP contribution in [0.1, 0.15) is 25.6 Å². The van der Waals surface area contributed by atoms with Crippen molar-refractivity contribution in [1.82, 2.24) is 9.78 Å². The van der Waals surface area contributed by atoms with Gasteiger partial charge in [0.05, 0.1) is 11.2 Å². The largest absolute Gasteiger partial charge is 0.262 e. The zero-order chi connectivity index (χ0) is 11.0. The van der Waals surface area contributed by atoms with Crippen LogP contribution in [0.15, 0.2) is 23.1 Å². The Balaban J connectivity index is 2.79. The molecule has 3 heteroatoms. The molecule has 0 aliphatic carbocycles. The number of rotatable bonds is 2. The molecule has 0 fully saturated rings. The molecule has 0 radical (unpaired) electrons. The summed E-state index contributed by atoms with van der Waals surface area (Å²) in [4.78, 5) is 1.32. The van der Waals surface area contributed by atoms with Gasteiger partial charge in [0.25, 0.3) is 0 Å². The molecule has 1 heterocycles. The Hall–Kier alpha value is -0.960. The Kier molecular flexibility index (Phi) is 2.74. The lowest BCUT2D eigenvalue weighted by Crippen LogP contribution is -2.02. The quantitative estimate of drug-likeness (QED) is 0.719. The fraction of sp³-hybridized carbons (Fsp3) is 0.417. The molecule has 0 aliphatic rings. The van der Waals surface area contributed by atoms with E-state index in [1.165, 1.54) is 15.8 Å². The molecule has 80 valence electrons. The smallest absolute Gasteiger partial charge is 0.0699 e. The number of thioether (sulfide) groups is 1. The van der Waals surface area contributed by atoms with Crippen LogP contribution in [0.5, 0.6) is 0 Å². The minimum Gasteiger partial charge on any atom is -0.262 e. The summed E-state index contributed by atoms with van der Waals surface area (Å²) in [6.45, 7) is 6.41. The standard InChI is InChI=1S/C12H16N2S/c1-8(2)14-10-6-5-7-11(15-4)12(10)9(3)13-14/h5-8H,1-4H3. The Morgan fingerprint density at radius 1 is 1.33 bits per heavy atom. The molecule has 15 heavy (non-hydrogen) atoms. The van der Waals surface area contributed by atoms with Crippen LogP contribution in [0, 0.1) is 6.92 Å². The van der Waals surface area contributed by atoms with Gasteiger partial charge in [0.2, 0.25) is 0 Å². The highest BCUT2D eigenvalue weighted by Crippen LogP contribution is 2.30. The van der Waals surface area contributed by atoms with E-state index in [4.69, 9.17) is 0 Å². The highest BCUT2D eigenvalue weighted by Gasteiger charge is 2.11. The van der Waals surface area contributed by atoms with Crippen LogP contribution in [0.4, 0.5) is 0 Å². The molecule has 0 bridgehead atoms. The van der Waals surface area contributed by atoms with E-state index in [0.29, 0.717) is 6.04 Å². The maximum atomic E-state index is 4.60. The Morgan fingerprint density at radius 2 is 2.07 bits per heavy atom. The molecule has 0 unspecified atom stereocenters. The second-order valence-electron chi connectivity index (χ2n) is 3.98. The molecule has 2 rings (SSSR count). The van der Waals surface area contributed by atoms with Gasteiger partial charge in [0, 0.05) is 16.3 Å². The van der Waals surface area contributed by atoms with Crippen molar-refractivity contribution in [2.24, 2.45) is 0 Å². The van der Waals surface area contributed by atoms with Gasteiger partial charge in [0.1, 0.15) is 0 Å². The Morgan fingerprint density at radius 3 is 2.67 bits per heavy atom. The number of fused-ring (bicyclic) bond motifs is 1. The van der Waals surface area contributed by atoms with Gasteiger partial charge >= 0.3 is 0 Å². The number of aromatic nitrogens is 2. The van der Waals surface area contributed by atoms with Gasteiger partial charge in [-0.25, -0.2) is 0 Å². The molecule has 0 aliphatic heterocycles. The third-order valence-electron chi connectivity index (χ3n) is 2.58. The maximum Gasteiger partial charge on any atom is 0.0699 e. The molecule has 0 saturated carbocycles. The van der Waals surface area contributed by atoms with E-state index in [2.05, 4.69) is 55.0 Å². The van der Waals surface area contributed by atoms with Crippen molar-refractivity contribution in [3.05, 3.63) is 23.9 Å². The van der Waals surface area contributed by atoms with E-state index in [-0.39, 0.29) is 0 Å². The summed E-state index contributed by atoms with van der Waals surface area (Å²) < 4.78 is 2.10. The van der Waals surface area contributed by atoms with Crippen LogP contribution in [0.25, 0.3) is 10.9 Å². The fourth-order valence-corrected chi connectivity index (χ4v) is 2.57. The van der Waals surface area contributed by atoms with Crippen LogP contribution < -0.4 is 0 Å². The van der Waals surface area contributed by atoms with E-state index in [1.54, 1.807) is 11.8 Å². The van der Waals surface area contributed by atoms with Crippen molar-refractivity contribution in [2.75, 3.05) is 6.26 Å². The van der Waals surface area contributed by atoms with Crippen LogP contribution >= 0.6 is 11.8 Å². The van der Waals surface area contributed by atoms with Gasteiger partial charge in [-0.1, -0.05) is 6.07 Å². The first kappa shape index (κ1) is 10.6. The second-order valence-corrected chi connectivity index (χ2v) is 4.83. The van der Waals surface area contributed by atoms with Crippen molar-refractivity contribution < 1.29 is 0 Å². The molecule has 1 aromatic heterocycles. The van der Waals surface area contributed by atoms with Crippen LogP contribution in [0.3, 0.4) is 0 Å². The van der Waals surface area contributed by atoms with Crippen molar-refractivity contribution in [2.45, 2.75) is 31.7 Å². The lowest BCUT2D eigenvalue weighted by molar-refractivity contribution is 0.547. The molecule has 0 spiro atoms. The molecular weight excluding hydrogens is 204 g/mol. The minimum absolute atomic E-state index is 0.415. The van der Waals surface area contributed by atoms with Gasteiger partial charge in [-0.05, 0) is 39.2 Å². The van der Waals surface area contributed by atoms with Crippen LogP contribution in [-0.4, -0.2) is 16.0 Å². The predicted octanol–water partition coefficient (Wildman–Crippen LogP) is 3.65. The van der Waals surface area contributed by atoms with Gasteiger partial charge in [-0.2, -0.15) is 5.10 Å². The summed E-state index contributed by atoms with van der Waals surface area (Å²) in [5, 5.41) is 5.91. The number of benzene rings is 1. The van der Waals surface area contributed by atoms with Crippen LogP contribution in [-0.2, 0) is 0 Å². The highest BCUT2D eigenvalue weighted by molar-refractivity contribution is 7.98. The van der Waals surface area contributed by atoms with E-state index in [0.717, 1.165) is 5.69 Å². The van der Waals surface area contributed by atoms with Gasteiger partial charge < -0.3 is 0 Å². The van der Waals surface area contributed by atoms with Crippen molar-refractivity contribution >= 4 is 22.7 Å². The van der Waals surface area contributed by atoms with E-state index in [9.17, 15) is 0 Å². The molecular formula is C12H16N2S. The summed E-state index contributed by atoms with van der Waals surface area (Å²) >= 11 is 1.78. The zero-order valence-electron chi connectivity index (χ0n) is 9.61. The zero-order valence-corrected chi connectivity index (χ0v) is 10.4. The summed E-state index contributed by atoms with van der Waals surface area (Å²) in [5.41, 5.74) is 2.37. The molecule has 0 atom stereocenters. The number of aryl methyl sites for hydroxylation is 1. The first-order chi connectivity index (χ1) is 7.15. The number of hydrogen-bond donors (Lipinski definition) is 0. The van der Waals surface area contributed by atoms with Gasteiger partial charge in [-0.3, -0.25) is 4.68 Å². The molecule has 2 nitrogen and oxygen atoms in total.